The molecule has 3 heterocycles. The Balaban J connectivity index is 1.32. The number of rotatable bonds is 3. The Morgan fingerprint density at radius 2 is 0.956 bits per heavy atom. The van der Waals surface area contributed by atoms with Gasteiger partial charge in [0.2, 0.25) is 0 Å². The molecular formula is C42H26N2S. The highest BCUT2D eigenvalue weighted by Crippen LogP contribution is 2.47. The SMILES string of the molecule is c1ccc(-n2c3ccccc3c3sc4c(ccc5c6ccccc6n(-c6cccc(-c7cccc8ccccc78)c6)c54)c32)cc1. The summed E-state index contributed by atoms with van der Waals surface area (Å²) in [4.78, 5) is 0. The molecule has 0 N–H and O–H groups in total. The van der Waals surface area contributed by atoms with Crippen molar-refractivity contribution < 1.29 is 0 Å². The highest BCUT2D eigenvalue weighted by Gasteiger charge is 2.22. The molecular weight excluding hydrogens is 565 g/mol. The fraction of sp³-hybridized carbons (Fsp3) is 0. The van der Waals surface area contributed by atoms with Gasteiger partial charge in [0, 0.05) is 32.9 Å². The van der Waals surface area contributed by atoms with Crippen LogP contribution in [0.2, 0.25) is 0 Å². The summed E-state index contributed by atoms with van der Waals surface area (Å²) >= 11 is 1.92. The maximum absolute atomic E-state index is 2.49. The molecule has 0 saturated carbocycles. The summed E-state index contributed by atoms with van der Waals surface area (Å²) in [7, 11) is 0. The first-order valence-electron chi connectivity index (χ1n) is 15.4. The van der Waals surface area contributed by atoms with Crippen LogP contribution in [-0.2, 0) is 0 Å². The molecule has 0 atom stereocenters. The van der Waals surface area contributed by atoms with Gasteiger partial charge in [-0.2, -0.15) is 0 Å². The van der Waals surface area contributed by atoms with E-state index in [-0.39, 0.29) is 0 Å². The lowest BCUT2D eigenvalue weighted by molar-refractivity contribution is 1.18. The number of aromatic nitrogens is 2. The molecule has 0 spiro atoms. The third kappa shape index (κ3) is 3.50. The van der Waals surface area contributed by atoms with Crippen molar-refractivity contribution in [3.8, 4) is 22.5 Å². The number of thiophene rings is 1. The van der Waals surface area contributed by atoms with Gasteiger partial charge < -0.3 is 9.13 Å². The average Bonchev–Trinajstić information content (AvgIpc) is 3.75. The van der Waals surface area contributed by atoms with Gasteiger partial charge in [0.15, 0.2) is 0 Å². The zero-order chi connectivity index (χ0) is 29.5. The average molecular weight is 591 g/mol. The minimum atomic E-state index is 1.17. The minimum Gasteiger partial charge on any atom is -0.308 e. The van der Waals surface area contributed by atoms with Crippen molar-refractivity contribution >= 4 is 75.1 Å². The number of hydrogen-bond donors (Lipinski definition) is 0. The van der Waals surface area contributed by atoms with Gasteiger partial charge in [0.25, 0.3) is 0 Å². The summed E-state index contributed by atoms with van der Waals surface area (Å²) in [6.07, 6.45) is 0. The first kappa shape index (κ1) is 24.8. The summed E-state index contributed by atoms with van der Waals surface area (Å²) < 4.78 is 7.59. The van der Waals surface area contributed by atoms with E-state index in [2.05, 4.69) is 167 Å². The molecule has 0 aliphatic rings. The van der Waals surface area contributed by atoms with Crippen molar-refractivity contribution in [2.75, 3.05) is 0 Å². The fourth-order valence-corrected chi connectivity index (χ4v) is 8.74. The zero-order valence-corrected chi connectivity index (χ0v) is 25.1. The number of nitrogens with zero attached hydrogens (tertiary/aromatic N) is 2. The number of benzene rings is 7. The van der Waals surface area contributed by atoms with Gasteiger partial charge in [-0.05, 0) is 58.3 Å². The first-order valence-corrected chi connectivity index (χ1v) is 16.2. The molecule has 0 fully saturated rings. The van der Waals surface area contributed by atoms with Gasteiger partial charge in [0.05, 0.1) is 31.5 Å². The van der Waals surface area contributed by atoms with Crippen molar-refractivity contribution in [2.24, 2.45) is 0 Å². The number of para-hydroxylation sites is 3. The second-order valence-corrected chi connectivity index (χ2v) is 12.8. The Labute approximate surface area is 263 Å². The summed E-state index contributed by atoms with van der Waals surface area (Å²) in [6, 6.07) is 57.4. The van der Waals surface area contributed by atoms with Crippen LogP contribution < -0.4 is 0 Å². The van der Waals surface area contributed by atoms with Crippen LogP contribution in [0.4, 0.5) is 0 Å². The van der Waals surface area contributed by atoms with E-state index in [0.717, 1.165) is 0 Å². The van der Waals surface area contributed by atoms with Crippen LogP contribution in [0.15, 0.2) is 158 Å². The number of hydrogen-bond acceptors (Lipinski definition) is 1. The molecule has 10 rings (SSSR count). The smallest absolute Gasteiger partial charge is 0.0728 e. The molecule has 0 radical (unpaired) electrons. The van der Waals surface area contributed by atoms with Crippen LogP contribution in [0.25, 0.3) is 86.3 Å². The minimum absolute atomic E-state index is 1.17. The third-order valence-corrected chi connectivity index (χ3v) is 10.5. The highest BCUT2D eigenvalue weighted by atomic mass is 32.1. The van der Waals surface area contributed by atoms with Crippen LogP contribution in [-0.4, -0.2) is 9.13 Å². The maximum atomic E-state index is 2.49. The van der Waals surface area contributed by atoms with Gasteiger partial charge >= 0.3 is 0 Å². The van der Waals surface area contributed by atoms with Crippen LogP contribution in [0.1, 0.15) is 0 Å². The largest absolute Gasteiger partial charge is 0.308 e. The van der Waals surface area contributed by atoms with Gasteiger partial charge in [-0.25, -0.2) is 0 Å². The second-order valence-electron chi connectivity index (χ2n) is 11.7. The number of fused-ring (bicyclic) bond motifs is 10. The van der Waals surface area contributed by atoms with Gasteiger partial charge in [-0.3, -0.25) is 0 Å². The molecule has 3 aromatic heterocycles. The van der Waals surface area contributed by atoms with E-state index in [0.29, 0.717) is 0 Å². The molecule has 0 saturated heterocycles. The molecule has 3 heteroatoms. The standard InChI is InChI=1S/C42H26N2S/c1-2-15-29(16-3-1)43-38-23-9-7-20-35(38)41-40(43)36-25-24-34-33-19-6-8-22-37(33)44(39(34)42(36)45-41)30-17-10-14-28(26-30)32-21-11-13-27-12-4-5-18-31(27)32/h1-26H. The van der Waals surface area contributed by atoms with E-state index < -0.39 is 0 Å². The topological polar surface area (TPSA) is 9.86 Å². The molecule has 0 aliphatic heterocycles. The van der Waals surface area contributed by atoms with Gasteiger partial charge in [-0.15, -0.1) is 11.3 Å². The molecule has 0 unspecified atom stereocenters. The van der Waals surface area contributed by atoms with Crippen molar-refractivity contribution in [2.45, 2.75) is 0 Å². The van der Waals surface area contributed by atoms with E-state index in [9.17, 15) is 0 Å². The lowest BCUT2D eigenvalue weighted by Crippen LogP contribution is -1.95. The van der Waals surface area contributed by atoms with Crippen LogP contribution in [0.3, 0.4) is 0 Å². The van der Waals surface area contributed by atoms with Gasteiger partial charge in [0.1, 0.15) is 0 Å². The molecule has 7 aromatic carbocycles. The fourth-order valence-electron chi connectivity index (χ4n) is 7.38. The summed E-state index contributed by atoms with van der Waals surface area (Å²) in [5.41, 5.74) is 9.87. The molecule has 0 aliphatic carbocycles. The maximum Gasteiger partial charge on any atom is 0.0728 e. The van der Waals surface area contributed by atoms with Crippen LogP contribution in [0.5, 0.6) is 0 Å². The van der Waals surface area contributed by atoms with Crippen molar-refractivity contribution in [1.29, 1.82) is 0 Å². The Morgan fingerprint density at radius 1 is 0.378 bits per heavy atom. The van der Waals surface area contributed by atoms with E-state index in [4.69, 9.17) is 0 Å². The van der Waals surface area contributed by atoms with Crippen molar-refractivity contribution in [1.82, 2.24) is 9.13 Å². The Hall–Kier alpha value is -5.64. The Kier molecular flexibility index (Phi) is 5.19. The van der Waals surface area contributed by atoms with Gasteiger partial charge in [-0.1, -0.05) is 121 Å². The normalized spacial score (nSPS) is 12.0. The predicted molar refractivity (Wildman–Crippen MR) is 193 cm³/mol. The van der Waals surface area contributed by atoms with E-state index >= 15 is 0 Å². The first-order chi connectivity index (χ1) is 22.3. The molecule has 0 bridgehead atoms. The molecule has 2 nitrogen and oxygen atoms in total. The second kappa shape index (κ2) is 9.43. The van der Waals surface area contributed by atoms with E-state index in [1.165, 1.54) is 86.3 Å². The van der Waals surface area contributed by atoms with Crippen LogP contribution in [0, 0.1) is 0 Å². The summed E-state index contributed by atoms with van der Waals surface area (Å²) in [6.45, 7) is 0. The molecule has 210 valence electrons. The summed E-state index contributed by atoms with van der Waals surface area (Å²) in [5, 5.41) is 7.68. The third-order valence-electron chi connectivity index (χ3n) is 9.30. The molecule has 10 aromatic rings. The van der Waals surface area contributed by atoms with E-state index in [1.54, 1.807) is 0 Å². The quantitative estimate of drug-likeness (QED) is 0.194. The zero-order valence-electron chi connectivity index (χ0n) is 24.3. The van der Waals surface area contributed by atoms with Crippen molar-refractivity contribution in [3.05, 3.63) is 158 Å². The Morgan fingerprint density at radius 3 is 1.82 bits per heavy atom. The van der Waals surface area contributed by atoms with E-state index in [1.807, 2.05) is 11.3 Å². The summed E-state index contributed by atoms with van der Waals surface area (Å²) in [5.74, 6) is 0. The van der Waals surface area contributed by atoms with Crippen molar-refractivity contribution in [3.63, 3.8) is 0 Å². The predicted octanol–water partition coefficient (Wildman–Crippen LogP) is 11.9. The monoisotopic (exact) mass is 590 g/mol. The van der Waals surface area contributed by atoms with Crippen LogP contribution >= 0.6 is 11.3 Å². The Bertz CT molecular complexity index is 2750. The highest BCUT2D eigenvalue weighted by molar-refractivity contribution is 7.27. The molecule has 45 heavy (non-hydrogen) atoms. The molecule has 0 amide bonds. The lowest BCUT2D eigenvalue weighted by Gasteiger charge is -2.12. The lowest BCUT2D eigenvalue weighted by atomic mass is 9.98.